The topological polar surface area (TPSA) is 24.4 Å². The Morgan fingerprint density at radius 1 is 1.25 bits per heavy atom. The molecule has 0 spiro atoms. The second kappa shape index (κ2) is 6.52. The number of amidine groups is 1. The van der Waals surface area contributed by atoms with Crippen molar-refractivity contribution in [2.75, 3.05) is 17.6 Å². The van der Waals surface area contributed by atoms with E-state index in [-0.39, 0.29) is 0 Å². The van der Waals surface area contributed by atoms with Gasteiger partial charge in [0, 0.05) is 22.5 Å². The molecule has 0 radical (unpaired) electrons. The first kappa shape index (κ1) is 15.9. The van der Waals surface area contributed by atoms with Crippen molar-refractivity contribution in [3.63, 3.8) is 0 Å². The van der Waals surface area contributed by atoms with Gasteiger partial charge >= 0.3 is 0 Å². The first-order valence-corrected chi connectivity index (χ1v) is 8.98. The van der Waals surface area contributed by atoms with Crippen LogP contribution in [-0.2, 0) is 0 Å². The zero-order chi connectivity index (χ0) is 14.8. The molecule has 0 saturated heterocycles. The minimum absolute atomic E-state index is 0.404. The van der Waals surface area contributed by atoms with Crippen LogP contribution in [0.1, 0.15) is 37.8 Å². The summed E-state index contributed by atoms with van der Waals surface area (Å²) in [6, 6.07) is 4.34. The van der Waals surface area contributed by atoms with E-state index in [0.717, 1.165) is 17.4 Å². The van der Waals surface area contributed by atoms with Crippen molar-refractivity contribution >= 4 is 38.5 Å². The Hall–Kier alpha value is -0.480. The molecule has 0 atom stereocenters. The van der Waals surface area contributed by atoms with E-state index in [1.54, 1.807) is 0 Å². The van der Waals surface area contributed by atoms with Crippen molar-refractivity contribution < 1.29 is 0 Å². The second-order valence-corrected chi connectivity index (χ2v) is 7.42. The van der Waals surface area contributed by atoms with Gasteiger partial charge in [0.05, 0.1) is 0 Å². The number of nitrogens with zero attached hydrogens (tertiary/aromatic N) is 1. The lowest BCUT2D eigenvalue weighted by Gasteiger charge is -2.33. The summed E-state index contributed by atoms with van der Waals surface area (Å²) >= 11 is 5.47. The number of aryl methyl sites for hydroxylation is 2. The maximum atomic E-state index is 4.76. The third-order valence-electron chi connectivity index (χ3n) is 4.26. The molecule has 2 rings (SSSR count). The van der Waals surface area contributed by atoms with Crippen LogP contribution >= 0.6 is 27.7 Å². The zero-order valence-electron chi connectivity index (χ0n) is 12.7. The fraction of sp³-hybridized carbons (Fsp3) is 0.562. The van der Waals surface area contributed by atoms with Gasteiger partial charge in [0.2, 0.25) is 0 Å². The van der Waals surface area contributed by atoms with Crippen LogP contribution in [0, 0.1) is 19.3 Å². The molecule has 1 aliphatic rings. The summed E-state index contributed by atoms with van der Waals surface area (Å²) in [5.74, 6) is 1.17. The van der Waals surface area contributed by atoms with Crippen LogP contribution in [0.5, 0.6) is 0 Å². The number of halogens is 1. The fourth-order valence-corrected chi connectivity index (χ4v) is 3.96. The number of benzene rings is 1. The Labute approximate surface area is 135 Å². The maximum absolute atomic E-state index is 4.76. The number of hydrogen-bond donors (Lipinski definition) is 1. The minimum atomic E-state index is 0.404. The quantitative estimate of drug-likeness (QED) is 0.786. The molecule has 1 heterocycles. The van der Waals surface area contributed by atoms with E-state index in [1.807, 2.05) is 11.8 Å². The summed E-state index contributed by atoms with van der Waals surface area (Å²) in [6.07, 6.45) is 2.42. The lowest BCUT2D eigenvalue weighted by Crippen LogP contribution is -2.32. The molecule has 0 saturated carbocycles. The van der Waals surface area contributed by atoms with Crippen LogP contribution in [0.15, 0.2) is 21.6 Å². The molecule has 2 nitrogen and oxygen atoms in total. The third-order valence-corrected chi connectivity index (χ3v) is 6.77. The molecule has 0 amide bonds. The molecular formula is C16H23BrN2S. The average molecular weight is 355 g/mol. The summed E-state index contributed by atoms with van der Waals surface area (Å²) < 4.78 is 1.19. The summed E-state index contributed by atoms with van der Waals surface area (Å²) in [6.45, 7) is 9.75. The van der Waals surface area contributed by atoms with Gasteiger partial charge in [0.25, 0.3) is 0 Å². The van der Waals surface area contributed by atoms with Crippen LogP contribution in [0.2, 0.25) is 0 Å². The maximum Gasteiger partial charge on any atom is 0.161 e. The molecule has 0 aromatic heterocycles. The van der Waals surface area contributed by atoms with Crippen LogP contribution in [0.25, 0.3) is 0 Å². The van der Waals surface area contributed by atoms with E-state index in [9.17, 15) is 0 Å². The van der Waals surface area contributed by atoms with Gasteiger partial charge in [-0.25, -0.2) is 0 Å². The Balaban J connectivity index is 2.11. The van der Waals surface area contributed by atoms with Crippen LogP contribution < -0.4 is 5.32 Å². The smallest absolute Gasteiger partial charge is 0.161 e. The Bertz CT molecular complexity index is 498. The van der Waals surface area contributed by atoms with Crippen molar-refractivity contribution in [1.29, 1.82) is 0 Å². The predicted molar refractivity (Wildman–Crippen MR) is 95.0 cm³/mol. The molecule has 1 N–H and O–H groups in total. The summed E-state index contributed by atoms with van der Waals surface area (Å²) in [7, 11) is 0. The molecule has 0 fully saturated rings. The number of hydrogen-bond acceptors (Lipinski definition) is 3. The largest absolute Gasteiger partial charge is 0.335 e. The summed E-state index contributed by atoms with van der Waals surface area (Å²) in [4.78, 5) is 4.76. The summed E-state index contributed by atoms with van der Waals surface area (Å²) in [5, 5.41) is 4.53. The molecular weight excluding hydrogens is 332 g/mol. The third kappa shape index (κ3) is 3.40. The van der Waals surface area contributed by atoms with Crippen molar-refractivity contribution in [3.8, 4) is 0 Å². The molecule has 4 heteroatoms. The highest BCUT2D eigenvalue weighted by atomic mass is 79.9. The number of rotatable bonds is 3. The first-order chi connectivity index (χ1) is 9.49. The van der Waals surface area contributed by atoms with E-state index in [0.29, 0.717) is 5.41 Å². The van der Waals surface area contributed by atoms with E-state index in [1.165, 1.54) is 34.2 Å². The number of anilines is 1. The van der Waals surface area contributed by atoms with Crippen molar-refractivity contribution in [1.82, 2.24) is 0 Å². The van der Waals surface area contributed by atoms with E-state index < -0.39 is 0 Å². The Kier molecular flexibility index (Phi) is 5.19. The van der Waals surface area contributed by atoms with Gasteiger partial charge < -0.3 is 5.32 Å². The highest BCUT2D eigenvalue weighted by molar-refractivity contribution is 9.10. The van der Waals surface area contributed by atoms with Gasteiger partial charge in [-0.15, -0.1) is 0 Å². The highest BCUT2D eigenvalue weighted by Gasteiger charge is 2.30. The molecule has 1 aromatic carbocycles. The highest BCUT2D eigenvalue weighted by Crippen LogP contribution is 2.35. The van der Waals surface area contributed by atoms with Gasteiger partial charge in [-0.3, -0.25) is 4.99 Å². The van der Waals surface area contributed by atoms with Gasteiger partial charge in [0.15, 0.2) is 5.17 Å². The number of aliphatic imine (C=N–C) groups is 1. The summed E-state index contributed by atoms with van der Waals surface area (Å²) in [5.41, 5.74) is 4.05. The predicted octanol–water partition coefficient (Wildman–Crippen LogP) is 5.39. The number of nitrogens with one attached hydrogen (secondary N) is 1. The lowest BCUT2D eigenvalue weighted by molar-refractivity contribution is 0.318. The molecule has 110 valence electrons. The minimum Gasteiger partial charge on any atom is -0.335 e. The Morgan fingerprint density at radius 2 is 1.85 bits per heavy atom. The first-order valence-electron chi connectivity index (χ1n) is 7.20. The molecule has 20 heavy (non-hydrogen) atoms. The second-order valence-electron chi connectivity index (χ2n) is 5.67. The number of thioether (sulfide) groups is 1. The standard InChI is InChI=1S/C16H23BrN2S/c1-5-16(6-2)9-18-15(20-10-16)19-13-7-11(3)14(17)12(4)8-13/h7-8H,5-6,9-10H2,1-4H3,(H,18,19). The van der Waals surface area contributed by atoms with Crippen molar-refractivity contribution in [3.05, 3.63) is 27.7 Å². The normalized spacial score (nSPS) is 17.8. The van der Waals surface area contributed by atoms with E-state index >= 15 is 0 Å². The fourth-order valence-electron chi connectivity index (χ4n) is 2.45. The van der Waals surface area contributed by atoms with Crippen LogP contribution in [0.4, 0.5) is 5.69 Å². The molecule has 0 unspecified atom stereocenters. The SMILES string of the molecule is CCC1(CC)CN=C(Nc2cc(C)c(Br)c(C)c2)SC1. The lowest BCUT2D eigenvalue weighted by atomic mass is 9.84. The van der Waals surface area contributed by atoms with Gasteiger partial charge in [-0.1, -0.05) is 41.5 Å². The van der Waals surface area contributed by atoms with Crippen molar-refractivity contribution in [2.45, 2.75) is 40.5 Å². The van der Waals surface area contributed by atoms with E-state index in [4.69, 9.17) is 4.99 Å². The van der Waals surface area contributed by atoms with Crippen LogP contribution in [-0.4, -0.2) is 17.5 Å². The monoisotopic (exact) mass is 354 g/mol. The van der Waals surface area contributed by atoms with Crippen molar-refractivity contribution in [2.24, 2.45) is 10.4 Å². The molecule has 1 aromatic rings. The zero-order valence-corrected chi connectivity index (χ0v) is 15.1. The Morgan fingerprint density at radius 3 is 2.30 bits per heavy atom. The molecule has 0 aliphatic carbocycles. The van der Waals surface area contributed by atoms with Gasteiger partial charge in [0.1, 0.15) is 0 Å². The van der Waals surface area contributed by atoms with Gasteiger partial charge in [-0.2, -0.15) is 0 Å². The van der Waals surface area contributed by atoms with E-state index in [2.05, 4.69) is 61.1 Å². The van der Waals surface area contributed by atoms with Gasteiger partial charge in [-0.05, 0) is 55.4 Å². The van der Waals surface area contributed by atoms with Crippen LogP contribution in [0.3, 0.4) is 0 Å². The average Bonchev–Trinajstić information content (AvgIpc) is 2.46. The molecule has 1 aliphatic heterocycles. The molecule has 0 bridgehead atoms.